The highest BCUT2D eigenvalue weighted by Crippen LogP contribution is 2.21. The second-order valence-corrected chi connectivity index (χ2v) is 7.96. The summed E-state index contributed by atoms with van der Waals surface area (Å²) in [6.07, 6.45) is 2.05. The van der Waals surface area contributed by atoms with Gasteiger partial charge in [-0.1, -0.05) is 6.07 Å². The summed E-state index contributed by atoms with van der Waals surface area (Å²) in [5, 5.41) is 2.46. The summed E-state index contributed by atoms with van der Waals surface area (Å²) in [6.45, 7) is 2.33. The van der Waals surface area contributed by atoms with E-state index in [1.54, 1.807) is 6.92 Å². The predicted molar refractivity (Wildman–Crippen MR) is 125 cm³/mol. The lowest BCUT2D eigenvalue weighted by atomic mass is 10.1. The number of rotatable bonds is 5. The van der Waals surface area contributed by atoms with Crippen LogP contribution in [-0.2, 0) is 4.74 Å². The summed E-state index contributed by atoms with van der Waals surface area (Å²) >= 11 is 0. The minimum Gasteiger partial charge on any atom is -0.423 e. The smallest absolute Gasteiger partial charge is 0.343 e. The summed E-state index contributed by atoms with van der Waals surface area (Å²) in [5.41, 5.74) is -3.67. The van der Waals surface area contributed by atoms with Crippen molar-refractivity contribution in [1.82, 2.24) is 19.0 Å². The van der Waals surface area contributed by atoms with Crippen molar-refractivity contribution in [3.8, 4) is 5.75 Å². The highest BCUT2D eigenvalue weighted by Gasteiger charge is 2.25. The van der Waals surface area contributed by atoms with Crippen LogP contribution in [0.1, 0.15) is 46.7 Å². The van der Waals surface area contributed by atoms with Crippen LogP contribution in [0.2, 0.25) is 0 Å². The zero-order valence-electron chi connectivity index (χ0n) is 19.5. The molecule has 0 bridgehead atoms. The van der Waals surface area contributed by atoms with E-state index in [0.29, 0.717) is 32.2 Å². The normalized spacial score (nSPS) is 14.8. The van der Waals surface area contributed by atoms with Gasteiger partial charge in [0.05, 0.1) is 11.8 Å². The number of nitrogens with zero attached hydrogens (tertiary/aromatic N) is 3. The molecular formula is C24H21FN4O8. The Hall–Kier alpha value is -4.65. The van der Waals surface area contributed by atoms with Crippen molar-refractivity contribution >= 4 is 17.9 Å². The van der Waals surface area contributed by atoms with Crippen LogP contribution in [0.4, 0.5) is 9.18 Å². The maximum Gasteiger partial charge on any atom is 0.343 e. The average molecular weight is 512 g/mol. The van der Waals surface area contributed by atoms with Crippen LogP contribution in [-0.4, -0.2) is 44.8 Å². The Bertz CT molecular complexity index is 1570. The molecule has 192 valence electrons. The summed E-state index contributed by atoms with van der Waals surface area (Å²) in [6, 6.07) is 6.41. The van der Waals surface area contributed by atoms with Crippen LogP contribution in [0.25, 0.3) is 0 Å². The van der Waals surface area contributed by atoms with Crippen molar-refractivity contribution in [3.63, 3.8) is 0 Å². The van der Waals surface area contributed by atoms with Crippen molar-refractivity contribution in [3.05, 3.63) is 96.9 Å². The molecule has 3 aromatic rings. The monoisotopic (exact) mass is 512 g/mol. The number of amides is 1. The van der Waals surface area contributed by atoms with Gasteiger partial charge in [-0.25, -0.2) is 19.0 Å². The van der Waals surface area contributed by atoms with E-state index in [-0.39, 0.29) is 21.4 Å². The van der Waals surface area contributed by atoms with Gasteiger partial charge in [-0.05, 0) is 44.0 Å². The lowest BCUT2D eigenvalue weighted by Gasteiger charge is -2.15. The Balaban J connectivity index is 1.61. The number of esters is 1. The number of nitrogens with one attached hydrogen (secondary N) is 1. The maximum atomic E-state index is 14.3. The van der Waals surface area contributed by atoms with Gasteiger partial charge in [0.1, 0.15) is 12.0 Å². The lowest BCUT2D eigenvalue weighted by Crippen LogP contribution is -2.46. The molecule has 1 atom stereocenters. The number of halogens is 1. The molecule has 12 nitrogen and oxygen atoms in total. The molecule has 1 unspecified atom stereocenters. The standard InChI is InChI=1S/C24H21FN4O8/c1-2-26-23(34)27-9-8-16(12-18(27)30)37-22(33)15-6-3-5-14(11-15)20(31)29-21(32)17(25)13-28(24(29)35)19-7-4-10-36-19/h3,5-6,8-9,11-13,19H,2,4,7,10H2,1H3,(H,26,34). The van der Waals surface area contributed by atoms with E-state index >= 15 is 0 Å². The zero-order valence-corrected chi connectivity index (χ0v) is 19.5. The Labute approximate surface area is 207 Å². The van der Waals surface area contributed by atoms with Crippen LogP contribution in [0.5, 0.6) is 5.75 Å². The van der Waals surface area contributed by atoms with E-state index < -0.39 is 46.8 Å². The van der Waals surface area contributed by atoms with Gasteiger partial charge in [-0.3, -0.25) is 19.0 Å². The number of hydrogen-bond donors (Lipinski definition) is 1. The Morgan fingerprint density at radius 1 is 1.14 bits per heavy atom. The Kier molecular flexibility index (Phi) is 7.25. The first kappa shape index (κ1) is 25.4. The van der Waals surface area contributed by atoms with Gasteiger partial charge in [-0.2, -0.15) is 8.96 Å². The molecule has 3 heterocycles. The van der Waals surface area contributed by atoms with E-state index in [1.807, 2.05) is 0 Å². The van der Waals surface area contributed by atoms with Crippen molar-refractivity contribution in [1.29, 1.82) is 0 Å². The van der Waals surface area contributed by atoms with Gasteiger partial charge in [0.2, 0.25) is 5.82 Å². The largest absolute Gasteiger partial charge is 0.423 e. The van der Waals surface area contributed by atoms with E-state index in [9.17, 15) is 33.2 Å². The fourth-order valence-corrected chi connectivity index (χ4v) is 3.71. The number of benzene rings is 1. The van der Waals surface area contributed by atoms with Crippen molar-refractivity contribution in [2.45, 2.75) is 26.0 Å². The average Bonchev–Trinajstić information content (AvgIpc) is 3.41. The first-order chi connectivity index (χ1) is 17.7. The van der Waals surface area contributed by atoms with Crippen LogP contribution in [0.3, 0.4) is 0 Å². The minimum absolute atomic E-state index is 0.141. The SMILES string of the molecule is CCNC(=O)n1ccc(OC(=O)c2cccc(C(=O)n3c(=O)c(F)cn(C4CCCO4)c3=O)c2)cc1=O. The molecule has 37 heavy (non-hydrogen) atoms. The summed E-state index contributed by atoms with van der Waals surface area (Å²) in [4.78, 5) is 74.9. The van der Waals surface area contributed by atoms with Gasteiger partial charge < -0.3 is 14.8 Å². The predicted octanol–water partition coefficient (Wildman–Crippen LogP) is 1.11. The summed E-state index contributed by atoms with van der Waals surface area (Å²) in [5.74, 6) is -3.59. The zero-order chi connectivity index (χ0) is 26.7. The number of hydrogen-bond acceptors (Lipinski definition) is 8. The molecule has 0 saturated carbocycles. The molecule has 1 aromatic carbocycles. The first-order valence-electron chi connectivity index (χ1n) is 11.2. The highest BCUT2D eigenvalue weighted by molar-refractivity contribution is 5.99. The number of aromatic nitrogens is 3. The fourth-order valence-electron chi connectivity index (χ4n) is 3.71. The maximum absolute atomic E-state index is 14.3. The minimum atomic E-state index is -1.44. The molecule has 0 spiro atoms. The molecule has 1 aliphatic rings. The summed E-state index contributed by atoms with van der Waals surface area (Å²) in [7, 11) is 0. The quantitative estimate of drug-likeness (QED) is 0.500. The lowest BCUT2D eigenvalue weighted by molar-refractivity contribution is 0.0501. The molecule has 0 aliphatic carbocycles. The Morgan fingerprint density at radius 3 is 2.57 bits per heavy atom. The topological polar surface area (TPSA) is 148 Å². The molecular weight excluding hydrogens is 491 g/mol. The van der Waals surface area contributed by atoms with Gasteiger partial charge >= 0.3 is 17.7 Å². The van der Waals surface area contributed by atoms with Crippen LogP contribution < -0.4 is 26.9 Å². The number of ether oxygens (including phenoxy) is 2. The fraction of sp³-hybridized carbons (Fsp3) is 0.250. The highest BCUT2D eigenvalue weighted by atomic mass is 19.1. The summed E-state index contributed by atoms with van der Waals surface area (Å²) < 4.78 is 26.6. The first-order valence-corrected chi connectivity index (χ1v) is 11.2. The second-order valence-electron chi connectivity index (χ2n) is 7.96. The third kappa shape index (κ3) is 5.16. The molecule has 1 N–H and O–H groups in total. The van der Waals surface area contributed by atoms with Crippen molar-refractivity contribution in [2.75, 3.05) is 13.2 Å². The van der Waals surface area contributed by atoms with E-state index in [4.69, 9.17) is 9.47 Å². The van der Waals surface area contributed by atoms with E-state index in [2.05, 4.69) is 5.32 Å². The molecule has 1 amide bonds. The van der Waals surface area contributed by atoms with Gasteiger partial charge in [0, 0.05) is 31.0 Å². The second kappa shape index (κ2) is 10.5. The molecule has 1 aliphatic heterocycles. The van der Waals surface area contributed by atoms with Crippen LogP contribution >= 0.6 is 0 Å². The van der Waals surface area contributed by atoms with E-state index in [0.717, 1.165) is 27.5 Å². The third-order valence-electron chi connectivity index (χ3n) is 5.48. The van der Waals surface area contributed by atoms with Crippen LogP contribution in [0, 0.1) is 5.82 Å². The Morgan fingerprint density at radius 2 is 1.89 bits per heavy atom. The van der Waals surface area contributed by atoms with Crippen molar-refractivity contribution < 1.29 is 28.2 Å². The van der Waals surface area contributed by atoms with E-state index in [1.165, 1.54) is 24.3 Å². The molecule has 1 fully saturated rings. The van der Waals surface area contributed by atoms with Gasteiger partial charge in [0.25, 0.3) is 17.0 Å². The van der Waals surface area contributed by atoms with Gasteiger partial charge in [0.15, 0.2) is 0 Å². The van der Waals surface area contributed by atoms with Crippen LogP contribution in [0.15, 0.2) is 63.2 Å². The van der Waals surface area contributed by atoms with Gasteiger partial charge in [-0.15, -0.1) is 0 Å². The number of pyridine rings is 1. The molecule has 4 rings (SSSR count). The molecule has 13 heteroatoms. The number of carbonyl (C=O) groups excluding carboxylic acids is 3. The third-order valence-corrected chi connectivity index (χ3v) is 5.48. The number of carbonyl (C=O) groups is 3. The molecule has 0 radical (unpaired) electrons. The van der Waals surface area contributed by atoms with Crippen molar-refractivity contribution in [2.24, 2.45) is 0 Å². The molecule has 2 aromatic heterocycles. The molecule has 1 saturated heterocycles.